The number of hydrogen-bond acceptors (Lipinski definition) is 1. The molecule has 0 aliphatic carbocycles. The zero-order chi connectivity index (χ0) is 24.3. The largest absolute Gasteiger partial charge is 0.421 e. The fourth-order valence-corrected chi connectivity index (χ4v) is 10.8. The van der Waals surface area contributed by atoms with E-state index >= 15 is 0 Å². The normalized spacial score (nSPS) is 11.9. The van der Waals surface area contributed by atoms with Crippen LogP contribution in [0.1, 0.15) is 66.8 Å². The Bertz CT molecular complexity index is 1010. The van der Waals surface area contributed by atoms with Gasteiger partial charge in [0.2, 0.25) is 0 Å². The minimum absolute atomic E-state index is 1.18. The van der Waals surface area contributed by atoms with Crippen LogP contribution < -0.4 is 15.6 Å². The lowest BCUT2D eigenvalue weighted by molar-refractivity contribution is 0.581. The van der Waals surface area contributed by atoms with Gasteiger partial charge in [0.1, 0.15) is 0 Å². The van der Waals surface area contributed by atoms with E-state index in [0.717, 1.165) is 0 Å². The molecular formula is C30H40OSi. The molecule has 0 bridgehead atoms. The average Bonchev–Trinajstić information content (AvgIpc) is 2.70. The third-order valence-corrected chi connectivity index (χ3v) is 12.6. The molecule has 0 spiro atoms. The average molecular weight is 445 g/mol. The van der Waals surface area contributed by atoms with Gasteiger partial charge in [-0.2, -0.15) is 0 Å². The van der Waals surface area contributed by atoms with Crippen LogP contribution in [0.15, 0.2) is 18.2 Å². The van der Waals surface area contributed by atoms with Gasteiger partial charge in [-0.1, -0.05) is 18.2 Å². The van der Waals surface area contributed by atoms with Gasteiger partial charge in [0.05, 0.1) is 0 Å². The highest BCUT2D eigenvalue weighted by atomic mass is 28.4. The van der Waals surface area contributed by atoms with Crippen LogP contribution in [-0.4, -0.2) is 13.1 Å². The van der Waals surface area contributed by atoms with Gasteiger partial charge in [-0.25, -0.2) is 0 Å². The van der Waals surface area contributed by atoms with Gasteiger partial charge in [0.15, 0.2) is 0 Å². The summed E-state index contributed by atoms with van der Waals surface area (Å²) < 4.78 is 0. The smallest absolute Gasteiger partial charge is 0.287 e. The molecule has 1 N–H and O–H groups in total. The van der Waals surface area contributed by atoms with E-state index in [1.165, 1.54) is 82.3 Å². The van der Waals surface area contributed by atoms with Gasteiger partial charge >= 0.3 is 0 Å². The Balaban J connectivity index is 2.72. The van der Waals surface area contributed by atoms with Crippen molar-refractivity contribution in [1.82, 2.24) is 0 Å². The van der Waals surface area contributed by atoms with Gasteiger partial charge < -0.3 is 4.80 Å². The van der Waals surface area contributed by atoms with Gasteiger partial charge in [-0.15, -0.1) is 0 Å². The summed E-state index contributed by atoms with van der Waals surface area (Å²) in [6, 6.07) is 6.81. The topological polar surface area (TPSA) is 20.2 Å². The van der Waals surface area contributed by atoms with Gasteiger partial charge in [0, 0.05) is 0 Å². The van der Waals surface area contributed by atoms with Crippen LogP contribution in [-0.2, 0) is 0 Å². The first-order valence-corrected chi connectivity index (χ1v) is 13.7. The van der Waals surface area contributed by atoms with E-state index in [1.807, 2.05) is 0 Å². The summed E-state index contributed by atoms with van der Waals surface area (Å²) in [4.78, 5) is 13.4. The van der Waals surface area contributed by atoms with Crippen LogP contribution in [0.3, 0.4) is 0 Å². The highest BCUT2D eigenvalue weighted by molar-refractivity contribution is 7.07. The first kappa shape index (κ1) is 24.5. The van der Waals surface area contributed by atoms with Crippen LogP contribution in [0.25, 0.3) is 0 Å². The Morgan fingerprint density at radius 2 is 0.531 bits per heavy atom. The van der Waals surface area contributed by atoms with Crippen molar-refractivity contribution in [3.05, 3.63) is 85.0 Å². The summed E-state index contributed by atoms with van der Waals surface area (Å²) in [7, 11) is -3.33. The van der Waals surface area contributed by atoms with Crippen molar-refractivity contribution in [1.29, 1.82) is 0 Å². The molecule has 0 saturated carbocycles. The maximum Gasteiger partial charge on any atom is 0.287 e. The Morgan fingerprint density at radius 1 is 0.375 bits per heavy atom. The number of hydrogen-bond donors (Lipinski definition) is 1. The van der Waals surface area contributed by atoms with Crippen LogP contribution in [0.2, 0.25) is 0 Å². The van der Waals surface area contributed by atoms with Crippen LogP contribution in [0.5, 0.6) is 0 Å². The molecule has 0 unspecified atom stereocenters. The second-order valence-corrected chi connectivity index (χ2v) is 13.0. The predicted molar refractivity (Wildman–Crippen MR) is 143 cm³/mol. The molecule has 0 aliphatic heterocycles. The zero-order valence-corrected chi connectivity index (χ0v) is 23.2. The highest BCUT2D eigenvalue weighted by Crippen LogP contribution is 2.25. The summed E-state index contributed by atoms with van der Waals surface area (Å²) in [6.45, 7) is 26.3. The van der Waals surface area contributed by atoms with E-state index in [-0.39, 0.29) is 0 Å². The Kier molecular flexibility index (Phi) is 6.36. The second kappa shape index (κ2) is 8.32. The van der Waals surface area contributed by atoms with Gasteiger partial charge in [0.25, 0.3) is 8.32 Å². The first-order valence-electron chi connectivity index (χ1n) is 11.7. The van der Waals surface area contributed by atoms with Crippen LogP contribution in [0, 0.1) is 83.1 Å². The number of aryl methyl sites for hydroxylation is 6. The maximum absolute atomic E-state index is 13.4. The molecule has 0 amide bonds. The number of benzene rings is 3. The van der Waals surface area contributed by atoms with Crippen LogP contribution in [0.4, 0.5) is 0 Å². The van der Waals surface area contributed by atoms with Crippen molar-refractivity contribution in [3.63, 3.8) is 0 Å². The molecular weight excluding hydrogens is 404 g/mol. The molecule has 32 heavy (non-hydrogen) atoms. The maximum atomic E-state index is 13.4. The van der Waals surface area contributed by atoms with Gasteiger partial charge in [-0.05, 0) is 165 Å². The zero-order valence-electron chi connectivity index (χ0n) is 22.2. The first-order chi connectivity index (χ1) is 14.7. The van der Waals surface area contributed by atoms with E-state index in [1.54, 1.807) is 0 Å². The Morgan fingerprint density at radius 3 is 0.688 bits per heavy atom. The highest BCUT2D eigenvalue weighted by Gasteiger charge is 2.46. The van der Waals surface area contributed by atoms with Crippen molar-refractivity contribution in [3.8, 4) is 0 Å². The van der Waals surface area contributed by atoms with Crippen molar-refractivity contribution in [2.75, 3.05) is 0 Å². The number of rotatable bonds is 3. The molecule has 3 aromatic carbocycles. The van der Waals surface area contributed by atoms with E-state index in [2.05, 4.69) is 101 Å². The summed E-state index contributed by atoms with van der Waals surface area (Å²) in [5, 5.41) is 3.55. The summed E-state index contributed by atoms with van der Waals surface area (Å²) in [5.74, 6) is 0. The fourth-order valence-electron chi connectivity index (χ4n) is 5.65. The van der Waals surface area contributed by atoms with Crippen molar-refractivity contribution >= 4 is 23.9 Å². The third-order valence-electron chi connectivity index (χ3n) is 8.18. The molecule has 0 aliphatic rings. The van der Waals surface area contributed by atoms with E-state index in [4.69, 9.17) is 0 Å². The molecule has 1 nitrogen and oxygen atoms in total. The summed E-state index contributed by atoms with van der Waals surface area (Å²) >= 11 is 0. The van der Waals surface area contributed by atoms with Gasteiger partial charge in [-0.3, -0.25) is 0 Å². The molecule has 0 radical (unpaired) electrons. The quantitative estimate of drug-likeness (QED) is 0.427. The van der Waals surface area contributed by atoms with Crippen molar-refractivity contribution < 1.29 is 4.80 Å². The molecule has 3 rings (SSSR count). The molecule has 3 aromatic rings. The Labute approximate surface area is 196 Å². The minimum Gasteiger partial charge on any atom is -0.421 e. The standard InChI is InChI=1S/C30H40OSi/c1-16-13-17(2)23(8)28(22(16)7)32(31,29-24(9)18(3)14-19(4)25(29)10)30-26(11)20(5)15-21(6)27(30)12/h13-15,31H,1-12H3. The van der Waals surface area contributed by atoms with Crippen molar-refractivity contribution in [2.24, 2.45) is 0 Å². The lowest BCUT2D eigenvalue weighted by Gasteiger charge is -2.37. The molecule has 0 aromatic heterocycles. The predicted octanol–water partition coefficient (Wildman–Crippen LogP) is 5.35. The monoisotopic (exact) mass is 444 g/mol. The Hall–Kier alpha value is -2.16. The second-order valence-electron chi connectivity index (χ2n) is 10.1. The van der Waals surface area contributed by atoms with E-state index < -0.39 is 8.32 Å². The van der Waals surface area contributed by atoms with E-state index in [9.17, 15) is 4.80 Å². The molecule has 170 valence electrons. The fraction of sp³-hybridized carbons (Fsp3) is 0.400. The molecule has 2 heteroatoms. The third kappa shape index (κ3) is 3.49. The molecule has 0 heterocycles. The summed E-state index contributed by atoms with van der Waals surface area (Å²) in [6.07, 6.45) is 0. The lowest BCUT2D eigenvalue weighted by atomic mass is 10.0. The van der Waals surface area contributed by atoms with Crippen LogP contribution >= 0.6 is 0 Å². The SMILES string of the molecule is Cc1cc(C)c(C)c([Si](O)(c2c(C)c(C)cc(C)c2C)c2c(C)c(C)cc(C)c2C)c1C. The minimum atomic E-state index is -3.33. The molecule has 0 atom stereocenters. The van der Waals surface area contributed by atoms with Crippen molar-refractivity contribution in [2.45, 2.75) is 83.1 Å². The molecule has 0 fully saturated rings. The summed E-state index contributed by atoms with van der Waals surface area (Å²) in [5.41, 5.74) is 15.0. The van der Waals surface area contributed by atoms with E-state index in [0.29, 0.717) is 0 Å². The molecule has 0 saturated heterocycles. The lowest BCUT2D eigenvalue weighted by Crippen LogP contribution is -2.72.